The molecule has 12 heavy (non-hydrogen) atoms. The SMILES string of the molecule is C=C(C)C(=O)CC(O)COCC. The molecule has 0 spiro atoms. The molecule has 0 saturated heterocycles. The number of hydrogen-bond donors (Lipinski definition) is 1. The molecule has 0 saturated carbocycles. The fourth-order valence-corrected chi connectivity index (χ4v) is 0.701. The summed E-state index contributed by atoms with van der Waals surface area (Å²) in [5.74, 6) is -0.109. The topological polar surface area (TPSA) is 46.5 Å². The lowest BCUT2D eigenvalue weighted by atomic mass is 10.1. The number of ketones is 1. The Balaban J connectivity index is 3.61. The predicted molar refractivity (Wildman–Crippen MR) is 46.9 cm³/mol. The number of ether oxygens (including phenoxy) is 1. The number of aliphatic hydroxyl groups is 1. The summed E-state index contributed by atoms with van der Waals surface area (Å²) in [5.41, 5.74) is 0.477. The maximum absolute atomic E-state index is 11.0. The number of carbonyl (C=O) groups excluding carboxylic acids is 1. The summed E-state index contributed by atoms with van der Waals surface area (Å²) in [7, 11) is 0. The van der Waals surface area contributed by atoms with E-state index in [1.165, 1.54) is 0 Å². The smallest absolute Gasteiger partial charge is 0.160 e. The van der Waals surface area contributed by atoms with Crippen LogP contribution in [0.5, 0.6) is 0 Å². The second-order valence-electron chi connectivity index (χ2n) is 2.72. The van der Waals surface area contributed by atoms with E-state index in [2.05, 4.69) is 6.58 Å². The number of carbonyl (C=O) groups is 1. The lowest BCUT2D eigenvalue weighted by Crippen LogP contribution is -2.19. The quantitative estimate of drug-likeness (QED) is 0.606. The van der Waals surface area contributed by atoms with Crippen LogP contribution in [0.25, 0.3) is 0 Å². The zero-order valence-corrected chi connectivity index (χ0v) is 7.67. The van der Waals surface area contributed by atoms with Gasteiger partial charge in [0.25, 0.3) is 0 Å². The minimum atomic E-state index is -0.700. The average Bonchev–Trinajstić information content (AvgIpc) is 2.00. The average molecular weight is 172 g/mol. The van der Waals surface area contributed by atoms with Gasteiger partial charge in [0.1, 0.15) is 0 Å². The first-order valence-electron chi connectivity index (χ1n) is 4.02. The van der Waals surface area contributed by atoms with Crippen molar-refractivity contribution >= 4 is 5.78 Å². The fraction of sp³-hybridized carbons (Fsp3) is 0.667. The maximum atomic E-state index is 11.0. The van der Waals surface area contributed by atoms with Gasteiger partial charge in [-0.05, 0) is 19.4 Å². The Morgan fingerprint density at radius 2 is 2.25 bits per heavy atom. The molecule has 1 atom stereocenters. The Morgan fingerprint density at radius 3 is 2.67 bits per heavy atom. The highest BCUT2D eigenvalue weighted by Crippen LogP contribution is 2.00. The lowest BCUT2D eigenvalue weighted by Gasteiger charge is -2.08. The largest absolute Gasteiger partial charge is 0.390 e. The van der Waals surface area contributed by atoms with Crippen LogP contribution >= 0.6 is 0 Å². The molecular formula is C9H16O3. The molecule has 1 N–H and O–H groups in total. The molecule has 0 aliphatic carbocycles. The van der Waals surface area contributed by atoms with E-state index in [0.29, 0.717) is 12.2 Å². The molecule has 0 radical (unpaired) electrons. The minimum Gasteiger partial charge on any atom is -0.390 e. The molecule has 0 heterocycles. The standard InChI is InChI=1S/C9H16O3/c1-4-12-6-8(10)5-9(11)7(2)3/h8,10H,2,4-6H2,1,3H3. The van der Waals surface area contributed by atoms with Gasteiger partial charge in [0.15, 0.2) is 5.78 Å². The van der Waals surface area contributed by atoms with Gasteiger partial charge in [0, 0.05) is 13.0 Å². The van der Waals surface area contributed by atoms with Gasteiger partial charge in [0.05, 0.1) is 12.7 Å². The first-order chi connectivity index (χ1) is 5.57. The van der Waals surface area contributed by atoms with Crippen LogP contribution in [0.1, 0.15) is 20.3 Å². The van der Waals surface area contributed by atoms with E-state index in [-0.39, 0.29) is 18.8 Å². The molecule has 3 heteroatoms. The monoisotopic (exact) mass is 172 g/mol. The van der Waals surface area contributed by atoms with E-state index in [1.54, 1.807) is 6.92 Å². The Labute approximate surface area is 73.0 Å². The normalized spacial score (nSPS) is 12.6. The van der Waals surface area contributed by atoms with Crippen LogP contribution in [-0.4, -0.2) is 30.2 Å². The van der Waals surface area contributed by atoms with Gasteiger partial charge in [0.2, 0.25) is 0 Å². The number of Topliss-reactive ketones (excluding diaryl/α,β-unsaturated/α-hetero) is 1. The first kappa shape index (κ1) is 11.3. The highest BCUT2D eigenvalue weighted by atomic mass is 16.5. The van der Waals surface area contributed by atoms with Gasteiger partial charge in [-0.25, -0.2) is 0 Å². The van der Waals surface area contributed by atoms with Gasteiger partial charge in [-0.15, -0.1) is 0 Å². The zero-order valence-electron chi connectivity index (χ0n) is 7.67. The summed E-state index contributed by atoms with van der Waals surface area (Å²) in [5, 5.41) is 9.21. The summed E-state index contributed by atoms with van der Waals surface area (Å²) >= 11 is 0. The highest BCUT2D eigenvalue weighted by molar-refractivity contribution is 5.94. The van der Waals surface area contributed by atoms with Crippen molar-refractivity contribution in [1.29, 1.82) is 0 Å². The third-order valence-electron chi connectivity index (χ3n) is 1.41. The van der Waals surface area contributed by atoms with E-state index >= 15 is 0 Å². The molecule has 0 aromatic carbocycles. The molecule has 0 aliphatic heterocycles. The third kappa shape index (κ3) is 5.04. The molecule has 0 fully saturated rings. The van der Waals surface area contributed by atoms with Crippen molar-refractivity contribution in [3.63, 3.8) is 0 Å². The first-order valence-corrected chi connectivity index (χ1v) is 4.02. The van der Waals surface area contributed by atoms with Crippen molar-refractivity contribution in [1.82, 2.24) is 0 Å². The van der Waals surface area contributed by atoms with Crippen LogP contribution in [0.2, 0.25) is 0 Å². The second kappa shape index (κ2) is 5.91. The van der Waals surface area contributed by atoms with Gasteiger partial charge < -0.3 is 9.84 Å². The molecule has 0 rings (SSSR count). The third-order valence-corrected chi connectivity index (χ3v) is 1.41. The molecule has 0 aromatic rings. The van der Waals surface area contributed by atoms with Crippen LogP contribution in [0.3, 0.4) is 0 Å². The van der Waals surface area contributed by atoms with E-state index in [1.807, 2.05) is 6.92 Å². The molecule has 0 aliphatic rings. The predicted octanol–water partition coefficient (Wildman–Crippen LogP) is 0.919. The van der Waals surface area contributed by atoms with E-state index in [9.17, 15) is 9.90 Å². The summed E-state index contributed by atoms with van der Waals surface area (Å²) < 4.78 is 4.94. The second-order valence-corrected chi connectivity index (χ2v) is 2.72. The van der Waals surface area contributed by atoms with Crippen molar-refractivity contribution in [3.05, 3.63) is 12.2 Å². The minimum absolute atomic E-state index is 0.106. The van der Waals surface area contributed by atoms with Crippen LogP contribution < -0.4 is 0 Å². The molecule has 0 amide bonds. The Morgan fingerprint density at radius 1 is 1.67 bits per heavy atom. The fourth-order valence-electron chi connectivity index (χ4n) is 0.701. The Bertz CT molecular complexity index is 163. The molecular weight excluding hydrogens is 156 g/mol. The van der Waals surface area contributed by atoms with Gasteiger partial charge >= 0.3 is 0 Å². The molecule has 0 aromatic heterocycles. The number of allylic oxidation sites excluding steroid dienone is 1. The van der Waals surface area contributed by atoms with Crippen LogP contribution in [0.4, 0.5) is 0 Å². The zero-order chi connectivity index (χ0) is 9.56. The summed E-state index contributed by atoms with van der Waals surface area (Å²) in [6.07, 6.45) is -0.593. The highest BCUT2D eigenvalue weighted by Gasteiger charge is 2.10. The van der Waals surface area contributed by atoms with Crippen molar-refractivity contribution in [3.8, 4) is 0 Å². The van der Waals surface area contributed by atoms with Gasteiger partial charge in [-0.1, -0.05) is 6.58 Å². The molecule has 1 unspecified atom stereocenters. The van der Waals surface area contributed by atoms with Gasteiger partial charge in [-0.3, -0.25) is 4.79 Å². The van der Waals surface area contributed by atoms with Crippen molar-refractivity contribution in [2.45, 2.75) is 26.4 Å². The van der Waals surface area contributed by atoms with Crippen LogP contribution in [-0.2, 0) is 9.53 Å². The summed E-state index contributed by atoms with van der Waals surface area (Å²) in [6.45, 7) is 7.73. The molecule has 70 valence electrons. The number of hydrogen-bond acceptors (Lipinski definition) is 3. The molecule has 3 nitrogen and oxygen atoms in total. The Kier molecular flexibility index (Phi) is 5.58. The van der Waals surface area contributed by atoms with Crippen molar-refractivity contribution in [2.75, 3.05) is 13.2 Å². The maximum Gasteiger partial charge on any atom is 0.160 e. The number of rotatable bonds is 6. The Hall–Kier alpha value is -0.670. The van der Waals surface area contributed by atoms with E-state index in [0.717, 1.165) is 0 Å². The van der Waals surface area contributed by atoms with E-state index in [4.69, 9.17) is 4.74 Å². The molecule has 0 bridgehead atoms. The lowest BCUT2D eigenvalue weighted by molar-refractivity contribution is -0.118. The van der Waals surface area contributed by atoms with Crippen LogP contribution in [0.15, 0.2) is 12.2 Å². The van der Waals surface area contributed by atoms with Gasteiger partial charge in [-0.2, -0.15) is 0 Å². The number of aliphatic hydroxyl groups excluding tert-OH is 1. The van der Waals surface area contributed by atoms with E-state index < -0.39 is 6.10 Å². The van der Waals surface area contributed by atoms with Crippen molar-refractivity contribution < 1.29 is 14.6 Å². The summed E-state index contributed by atoms with van der Waals surface area (Å²) in [4.78, 5) is 11.0. The van der Waals surface area contributed by atoms with Crippen LogP contribution in [0, 0.1) is 0 Å². The summed E-state index contributed by atoms with van der Waals surface area (Å²) in [6, 6.07) is 0. The van der Waals surface area contributed by atoms with Crippen molar-refractivity contribution in [2.24, 2.45) is 0 Å².